The van der Waals surface area contributed by atoms with E-state index in [0.29, 0.717) is 0 Å². The first-order chi connectivity index (χ1) is 12.4. The van der Waals surface area contributed by atoms with Gasteiger partial charge in [0.05, 0.1) is 12.6 Å². The third kappa shape index (κ3) is 3.53. The second-order valence-corrected chi connectivity index (χ2v) is 6.43. The van der Waals surface area contributed by atoms with E-state index in [-0.39, 0.29) is 17.1 Å². The molecule has 1 aliphatic heterocycles. The van der Waals surface area contributed by atoms with Crippen molar-refractivity contribution in [3.63, 3.8) is 0 Å². The summed E-state index contributed by atoms with van der Waals surface area (Å²) in [5.74, 6) is -3.36. The first-order valence-electron chi connectivity index (χ1n) is 8.22. The minimum absolute atomic E-state index is 0.0826. The van der Waals surface area contributed by atoms with Crippen LogP contribution in [0.5, 0.6) is 0 Å². The smallest absolute Gasteiger partial charge is 0.437 e. The predicted molar refractivity (Wildman–Crippen MR) is 90.9 cm³/mol. The van der Waals surface area contributed by atoms with E-state index in [1.807, 2.05) is 0 Å². The molecular formula is C17H22F3N3O4. The Bertz CT molecular complexity index is 708. The number of ether oxygens (including phenoxy) is 1. The van der Waals surface area contributed by atoms with E-state index in [1.165, 1.54) is 19.1 Å². The second-order valence-electron chi connectivity index (χ2n) is 6.43. The maximum Gasteiger partial charge on any atom is 0.437 e. The summed E-state index contributed by atoms with van der Waals surface area (Å²) in [7, 11) is 4.35. The molecule has 27 heavy (non-hydrogen) atoms. The average Bonchev–Trinajstić information content (AvgIpc) is 2.58. The van der Waals surface area contributed by atoms with Gasteiger partial charge in [-0.1, -0.05) is 12.1 Å². The van der Waals surface area contributed by atoms with E-state index in [1.54, 1.807) is 31.1 Å². The number of hydrogen-bond acceptors (Lipinski definition) is 5. The summed E-state index contributed by atoms with van der Waals surface area (Å²) in [5.41, 5.74) is -2.70. The zero-order valence-corrected chi connectivity index (χ0v) is 15.4. The standard InChI is InChI=1S/C17H22F3N3O4/c1-5-27-14(24)12-13(10-6-8-11(9-7-10)22(2)3)21-15(25)23(4)16(12,26)17(18,19)20/h6-9,12-13,26H,5H2,1-4H3,(H,21,25). The zero-order chi connectivity index (χ0) is 20.6. The molecule has 0 radical (unpaired) electrons. The quantitative estimate of drug-likeness (QED) is 0.769. The summed E-state index contributed by atoms with van der Waals surface area (Å²) in [6, 6.07) is 3.68. The van der Waals surface area contributed by atoms with Crippen molar-refractivity contribution in [2.75, 3.05) is 32.6 Å². The van der Waals surface area contributed by atoms with Gasteiger partial charge in [0.25, 0.3) is 5.72 Å². The van der Waals surface area contributed by atoms with Crippen LogP contribution in [0.4, 0.5) is 23.7 Å². The molecule has 3 unspecified atom stereocenters. The topological polar surface area (TPSA) is 82.1 Å². The van der Waals surface area contributed by atoms with Gasteiger partial charge in [0.1, 0.15) is 5.92 Å². The Morgan fingerprint density at radius 1 is 1.33 bits per heavy atom. The predicted octanol–water partition coefficient (Wildman–Crippen LogP) is 1.88. The van der Waals surface area contributed by atoms with E-state index in [4.69, 9.17) is 4.74 Å². The lowest BCUT2D eigenvalue weighted by molar-refractivity contribution is -0.328. The number of halogens is 3. The van der Waals surface area contributed by atoms with Gasteiger partial charge in [0.2, 0.25) is 0 Å². The fourth-order valence-electron chi connectivity index (χ4n) is 3.06. The molecule has 3 atom stereocenters. The number of hydrogen-bond donors (Lipinski definition) is 2. The Morgan fingerprint density at radius 3 is 2.33 bits per heavy atom. The molecule has 150 valence electrons. The molecule has 1 aliphatic rings. The van der Waals surface area contributed by atoms with Gasteiger partial charge in [-0.25, -0.2) is 4.79 Å². The Labute approximate surface area is 154 Å². The molecule has 0 aliphatic carbocycles. The lowest BCUT2D eigenvalue weighted by Crippen LogP contribution is -2.73. The average molecular weight is 389 g/mol. The van der Waals surface area contributed by atoms with E-state index < -0.39 is 35.9 Å². The van der Waals surface area contributed by atoms with Gasteiger partial charge >= 0.3 is 18.2 Å². The van der Waals surface area contributed by atoms with Crippen molar-refractivity contribution in [2.24, 2.45) is 5.92 Å². The highest BCUT2D eigenvalue weighted by molar-refractivity contribution is 5.83. The highest BCUT2D eigenvalue weighted by Gasteiger charge is 2.69. The van der Waals surface area contributed by atoms with Crippen molar-refractivity contribution in [1.82, 2.24) is 10.2 Å². The Kier molecular flexibility index (Phi) is 5.60. The first kappa shape index (κ1) is 20.8. The number of amides is 2. The largest absolute Gasteiger partial charge is 0.466 e. The van der Waals surface area contributed by atoms with Crippen LogP contribution in [-0.4, -0.2) is 61.7 Å². The number of alkyl halides is 3. The third-order valence-electron chi connectivity index (χ3n) is 4.59. The van der Waals surface area contributed by atoms with Gasteiger partial charge in [-0.3, -0.25) is 9.69 Å². The van der Waals surface area contributed by atoms with Crippen LogP contribution in [0.15, 0.2) is 24.3 Å². The molecular weight excluding hydrogens is 367 g/mol. The van der Waals surface area contributed by atoms with Crippen molar-refractivity contribution in [1.29, 1.82) is 0 Å². The number of rotatable bonds is 4. The van der Waals surface area contributed by atoms with Gasteiger partial charge < -0.3 is 20.1 Å². The number of aliphatic hydroxyl groups is 1. The van der Waals surface area contributed by atoms with Crippen LogP contribution in [0.2, 0.25) is 0 Å². The van der Waals surface area contributed by atoms with Crippen LogP contribution in [0, 0.1) is 5.92 Å². The molecule has 2 rings (SSSR count). The van der Waals surface area contributed by atoms with E-state index in [0.717, 1.165) is 12.7 Å². The summed E-state index contributed by atoms with van der Waals surface area (Å²) in [5, 5.41) is 12.9. The number of urea groups is 1. The monoisotopic (exact) mass is 389 g/mol. The van der Waals surface area contributed by atoms with E-state index >= 15 is 0 Å². The number of nitrogens with zero attached hydrogens (tertiary/aromatic N) is 2. The number of anilines is 1. The molecule has 1 aromatic carbocycles. The highest BCUT2D eigenvalue weighted by Crippen LogP contribution is 2.46. The molecule has 0 spiro atoms. The maximum absolute atomic E-state index is 13.8. The lowest BCUT2D eigenvalue weighted by Gasteiger charge is -2.49. The van der Waals surface area contributed by atoms with Gasteiger partial charge in [0, 0.05) is 26.8 Å². The van der Waals surface area contributed by atoms with Gasteiger partial charge in [-0.05, 0) is 24.6 Å². The summed E-state index contributed by atoms with van der Waals surface area (Å²) in [6.07, 6.45) is -5.28. The summed E-state index contributed by atoms with van der Waals surface area (Å²) >= 11 is 0. The molecule has 1 saturated heterocycles. The summed E-state index contributed by atoms with van der Waals surface area (Å²) in [4.78, 5) is 26.4. The van der Waals surface area contributed by atoms with E-state index in [9.17, 15) is 27.9 Å². The SMILES string of the molecule is CCOC(=O)C1C(c2ccc(N(C)C)cc2)NC(=O)N(C)C1(O)C(F)(F)F. The van der Waals surface area contributed by atoms with Crippen molar-refractivity contribution < 1.29 is 32.6 Å². The third-order valence-corrected chi connectivity index (χ3v) is 4.59. The minimum atomic E-state index is -5.28. The molecule has 0 bridgehead atoms. The molecule has 7 nitrogen and oxygen atoms in total. The number of carbonyl (C=O) groups excluding carboxylic acids is 2. The maximum atomic E-state index is 13.8. The van der Waals surface area contributed by atoms with Gasteiger partial charge in [-0.2, -0.15) is 13.2 Å². The van der Waals surface area contributed by atoms with Crippen LogP contribution in [0.3, 0.4) is 0 Å². The van der Waals surface area contributed by atoms with Crippen molar-refractivity contribution in [2.45, 2.75) is 24.9 Å². The summed E-state index contributed by atoms with van der Waals surface area (Å²) in [6.45, 7) is 1.27. The Hall–Kier alpha value is -2.49. The highest BCUT2D eigenvalue weighted by atomic mass is 19.4. The Balaban J connectivity index is 2.59. The number of carbonyl (C=O) groups is 2. The Morgan fingerprint density at radius 2 is 1.89 bits per heavy atom. The molecule has 1 aromatic rings. The molecule has 1 heterocycles. The second kappa shape index (κ2) is 7.26. The molecule has 2 amide bonds. The minimum Gasteiger partial charge on any atom is -0.466 e. The molecule has 2 N–H and O–H groups in total. The van der Waals surface area contributed by atoms with Crippen LogP contribution >= 0.6 is 0 Å². The fraction of sp³-hybridized carbons (Fsp3) is 0.529. The molecule has 0 aromatic heterocycles. The first-order valence-corrected chi connectivity index (χ1v) is 8.22. The molecule has 0 saturated carbocycles. The van der Waals surface area contributed by atoms with Crippen molar-refractivity contribution >= 4 is 17.7 Å². The molecule has 10 heteroatoms. The number of benzene rings is 1. The lowest BCUT2D eigenvalue weighted by atomic mass is 9.81. The fourth-order valence-corrected chi connectivity index (χ4v) is 3.06. The van der Waals surface area contributed by atoms with Crippen LogP contribution in [0.1, 0.15) is 18.5 Å². The van der Waals surface area contributed by atoms with Gasteiger partial charge in [0.15, 0.2) is 0 Å². The number of esters is 1. The summed E-state index contributed by atoms with van der Waals surface area (Å²) < 4.78 is 46.1. The normalized spacial score (nSPS) is 25.8. The molecule has 1 fully saturated rings. The van der Waals surface area contributed by atoms with Crippen LogP contribution in [-0.2, 0) is 9.53 Å². The zero-order valence-electron chi connectivity index (χ0n) is 15.4. The van der Waals surface area contributed by atoms with Gasteiger partial charge in [-0.15, -0.1) is 0 Å². The van der Waals surface area contributed by atoms with Crippen molar-refractivity contribution in [3.8, 4) is 0 Å². The van der Waals surface area contributed by atoms with Crippen molar-refractivity contribution in [3.05, 3.63) is 29.8 Å². The van der Waals surface area contributed by atoms with E-state index in [2.05, 4.69) is 5.32 Å². The van der Waals surface area contributed by atoms with Crippen LogP contribution in [0.25, 0.3) is 0 Å². The van der Waals surface area contributed by atoms with Crippen LogP contribution < -0.4 is 10.2 Å². The number of nitrogens with one attached hydrogen (secondary N) is 1.